The second-order valence-corrected chi connectivity index (χ2v) is 7.01. The van der Waals surface area contributed by atoms with E-state index in [-0.39, 0.29) is 6.10 Å². The van der Waals surface area contributed by atoms with Gasteiger partial charge in [0.25, 0.3) is 0 Å². The molecule has 4 heterocycles. The Kier molecular flexibility index (Phi) is 5.40. The van der Waals surface area contributed by atoms with Gasteiger partial charge in [0, 0.05) is 49.3 Å². The summed E-state index contributed by atoms with van der Waals surface area (Å²) in [6.07, 6.45) is 11.8. The first-order valence-electron chi connectivity index (χ1n) is 9.71. The molecule has 1 fully saturated rings. The number of nitrogens with zero attached hydrogens (tertiary/aromatic N) is 4. The summed E-state index contributed by atoms with van der Waals surface area (Å²) in [5.41, 5.74) is 3.00. The Balaban J connectivity index is 1.39. The lowest BCUT2D eigenvalue weighted by molar-refractivity contribution is -0.146. The van der Waals surface area contributed by atoms with Crippen molar-refractivity contribution in [2.75, 3.05) is 19.7 Å². The molecule has 0 aromatic carbocycles. The van der Waals surface area contributed by atoms with Gasteiger partial charge < -0.3 is 14.8 Å². The summed E-state index contributed by atoms with van der Waals surface area (Å²) in [7, 11) is 0. The Morgan fingerprint density at radius 1 is 1.25 bits per heavy atom. The fourth-order valence-electron chi connectivity index (χ4n) is 3.59. The average molecular weight is 382 g/mol. The average Bonchev–Trinajstić information content (AvgIpc) is 3.26. The van der Waals surface area contributed by atoms with E-state index in [1.54, 1.807) is 0 Å². The van der Waals surface area contributed by atoms with E-state index < -0.39 is 5.85 Å². The summed E-state index contributed by atoms with van der Waals surface area (Å²) in [6.45, 7) is 6.26. The Hall–Kier alpha value is -2.71. The number of allylic oxidation sites excluding steroid dienone is 2. The van der Waals surface area contributed by atoms with Crippen LogP contribution < -0.4 is 10.1 Å². The van der Waals surface area contributed by atoms with Gasteiger partial charge in [-0.2, -0.15) is 10.2 Å². The van der Waals surface area contributed by atoms with E-state index in [9.17, 15) is 0 Å². The quantitative estimate of drug-likeness (QED) is 0.792. The molecule has 148 valence electrons. The molecule has 0 amide bonds. The van der Waals surface area contributed by atoms with Crippen LogP contribution in [-0.2, 0) is 4.74 Å². The van der Waals surface area contributed by atoms with Crippen molar-refractivity contribution in [3.8, 4) is 5.88 Å². The molecule has 2 aromatic heterocycles. The Bertz CT molecular complexity index is 825. The standard InChI is InChI=1S/C20H26N6O2/c1-3-27-20(9-6-16(12-21-20)17-13-22-23-14-17)26-10-7-18(8-11-26)28-19-5-4-15(2)24-25-19/h4-6,9,12-14,18,21H,3,7-8,10-11H2,1-2H3,(H,22,23). The first-order valence-corrected chi connectivity index (χ1v) is 9.71. The second-order valence-electron chi connectivity index (χ2n) is 7.01. The van der Waals surface area contributed by atoms with Gasteiger partial charge in [-0.15, -0.1) is 5.10 Å². The molecular formula is C20H26N6O2. The molecule has 2 N–H and O–H groups in total. The molecule has 0 bridgehead atoms. The number of hydrogen-bond donors (Lipinski definition) is 2. The van der Waals surface area contributed by atoms with Crippen LogP contribution in [0.2, 0.25) is 0 Å². The fourth-order valence-corrected chi connectivity index (χ4v) is 3.59. The molecule has 0 radical (unpaired) electrons. The maximum absolute atomic E-state index is 6.14. The topological polar surface area (TPSA) is 88.2 Å². The minimum absolute atomic E-state index is 0.136. The molecule has 1 saturated heterocycles. The van der Waals surface area contributed by atoms with Crippen molar-refractivity contribution in [2.45, 2.75) is 38.6 Å². The zero-order valence-corrected chi connectivity index (χ0v) is 16.3. The monoisotopic (exact) mass is 382 g/mol. The lowest BCUT2D eigenvalue weighted by Gasteiger charge is -2.45. The predicted octanol–water partition coefficient (Wildman–Crippen LogP) is 2.24. The summed E-state index contributed by atoms with van der Waals surface area (Å²) in [6, 6.07) is 3.80. The Labute approximate surface area is 164 Å². The maximum atomic E-state index is 6.14. The van der Waals surface area contributed by atoms with Crippen LogP contribution in [0.4, 0.5) is 0 Å². The molecule has 2 aromatic rings. The molecule has 28 heavy (non-hydrogen) atoms. The molecular weight excluding hydrogens is 356 g/mol. The van der Waals surface area contributed by atoms with Gasteiger partial charge in [-0.05, 0) is 38.8 Å². The number of likely N-dealkylation sites (tertiary alicyclic amines) is 1. The van der Waals surface area contributed by atoms with E-state index in [4.69, 9.17) is 9.47 Å². The number of aromatic amines is 1. The molecule has 0 saturated carbocycles. The number of hydrogen-bond acceptors (Lipinski definition) is 7. The largest absolute Gasteiger partial charge is 0.473 e. The lowest BCUT2D eigenvalue weighted by atomic mass is 10.0. The van der Waals surface area contributed by atoms with Crippen LogP contribution in [0.25, 0.3) is 5.57 Å². The second kappa shape index (κ2) is 8.12. The fraction of sp³-hybridized carbons (Fsp3) is 0.450. The minimum Gasteiger partial charge on any atom is -0.473 e. The number of H-pyrrole nitrogens is 1. The van der Waals surface area contributed by atoms with Crippen LogP contribution in [0.15, 0.2) is 42.9 Å². The molecule has 0 spiro atoms. The van der Waals surface area contributed by atoms with Crippen molar-refractivity contribution in [3.63, 3.8) is 0 Å². The molecule has 0 aliphatic carbocycles. The zero-order chi connectivity index (χ0) is 19.4. The summed E-state index contributed by atoms with van der Waals surface area (Å²) in [4.78, 5) is 2.32. The highest BCUT2D eigenvalue weighted by Crippen LogP contribution is 2.28. The van der Waals surface area contributed by atoms with Crippen LogP contribution in [0.3, 0.4) is 0 Å². The van der Waals surface area contributed by atoms with Crippen LogP contribution in [0.1, 0.15) is 31.0 Å². The third-order valence-corrected chi connectivity index (χ3v) is 5.09. The van der Waals surface area contributed by atoms with E-state index >= 15 is 0 Å². The third-order valence-electron chi connectivity index (χ3n) is 5.09. The van der Waals surface area contributed by atoms with E-state index in [0.29, 0.717) is 12.5 Å². The number of dihydropyridines is 1. The molecule has 8 heteroatoms. The van der Waals surface area contributed by atoms with Gasteiger partial charge in [-0.1, -0.05) is 6.08 Å². The number of piperidine rings is 1. The SMILES string of the molecule is CCOC1(N2CCC(Oc3ccc(C)nn3)CC2)C=CC(c2cn[nH]c2)=CN1. The highest BCUT2D eigenvalue weighted by atomic mass is 16.5. The van der Waals surface area contributed by atoms with Gasteiger partial charge in [-0.25, -0.2) is 0 Å². The van der Waals surface area contributed by atoms with Crippen molar-refractivity contribution in [1.82, 2.24) is 30.6 Å². The molecule has 1 atom stereocenters. The number of ether oxygens (including phenoxy) is 2. The van der Waals surface area contributed by atoms with Crippen LogP contribution in [0, 0.1) is 6.92 Å². The van der Waals surface area contributed by atoms with Gasteiger partial charge in [-0.3, -0.25) is 10.00 Å². The van der Waals surface area contributed by atoms with E-state index in [1.165, 1.54) is 0 Å². The van der Waals surface area contributed by atoms with Crippen molar-refractivity contribution >= 4 is 5.57 Å². The molecule has 4 rings (SSSR count). The zero-order valence-electron chi connectivity index (χ0n) is 16.3. The van der Waals surface area contributed by atoms with Gasteiger partial charge in [0.2, 0.25) is 11.7 Å². The predicted molar refractivity (Wildman–Crippen MR) is 105 cm³/mol. The van der Waals surface area contributed by atoms with Gasteiger partial charge in [0.05, 0.1) is 11.9 Å². The van der Waals surface area contributed by atoms with Crippen molar-refractivity contribution in [3.05, 3.63) is 54.1 Å². The number of rotatable bonds is 6. The van der Waals surface area contributed by atoms with Crippen LogP contribution >= 0.6 is 0 Å². The van der Waals surface area contributed by atoms with Crippen molar-refractivity contribution in [1.29, 1.82) is 0 Å². The Morgan fingerprint density at radius 2 is 2.11 bits per heavy atom. The van der Waals surface area contributed by atoms with E-state index in [0.717, 1.165) is 42.8 Å². The highest BCUT2D eigenvalue weighted by molar-refractivity contribution is 5.74. The summed E-state index contributed by atoms with van der Waals surface area (Å²) in [5.74, 6) is -0.0386. The van der Waals surface area contributed by atoms with Crippen molar-refractivity contribution in [2.24, 2.45) is 0 Å². The lowest BCUT2D eigenvalue weighted by Crippen LogP contribution is -2.61. The summed E-state index contributed by atoms with van der Waals surface area (Å²) >= 11 is 0. The summed E-state index contributed by atoms with van der Waals surface area (Å²) < 4.78 is 12.1. The maximum Gasteiger partial charge on any atom is 0.233 e. The van der Waals surface area contributed by atoms with Crippen LogP contribution in [0.5, 0.6) is 5.88 Å². The third kappa shape index (κ3) is 3.93. The first-order chi connectivity index (χ1) is 13.7. The first kappa shape index (κ1) is 18.6. The van der Waals surface area contributed by atoms with Crippen LogP contribution in [-0.4, -0.2) is 56.9 Å². The van der Waals surface area contributed by atoms with Gasteiger partial charge in [0.1, 0.15) is 6.10 Å². The van der Waals surface area contributed by atoms with Gasteiger partial charge in [0.15, 0.2) is 0 Å². The molecule has 2 aliphatic rings. The van der Waals surface area contributed by atoms with E-state index in [1.807, 2.05) is 44.6 Å². The number of aromatic nitrogens is 4. The number of nitrogens with one attached hydrogen (secondary N) is 2. The number of aryl methyl sites for hydroxylation is 1. The van der Waals surface area contributed by atoms with Gasteiger partial charge >= 0.3 is 0 Å². The normalized spacial score (nSPS) is 23.3. The van der Waals surface area contributed by atoms with Crippen molar-refractivity contribution < 1.29 is 9.47 Å². The molecule has 1 unspecified atom stereocenters. The minimum atomic E-state index is -0.628. The summed E-state index contributed by atoms with van der Waals surface area (Å²) in [5, 5.41) is 18.5. The molecule has 2 aliphatic heterocycles. The van der Waals surface area contributed by atoms with E-state index in [2.05, 4.69) is 42.8 Å². The highest BCUT2D eigenvalue weighted by Gasteiger charge is 2.38. The Morgan fingerprint density at radius 3 is 2.71 bits per heavy atom. The smallest absolute Gasteiger partial charge is 0.233 e. The molecule has 8 nitrogen and oxygen atoms in total.